The first-order valence-corrected chi connectivity index (χ1v) is 7.46. The van der Waals surface area contributed by atoms with Gasteiger partial charge in [0, 0.05) is 49.4 Å². The maximum Gasteiger partial charge on any atom is 0.0500 e. The summed E-state index contributed by atoms with van der Waals surface area (Å²) < 4.78 is 0. The second-order valence-corrected chi connectivity index (χ2v) is 5.36. The van der Waals surface area contributed by atoms with E-state index < -0.39 is 0 Å². The standard InChI is InChI=1S/C18H21N3/c1-2-6-18-15-20(16-9-11-19-12-10-16)13-14-21(18)17-7-4-3-5-8-17/h2-5,7-12,18H,1,6,13-15H2. The fourth-order valence-electron chi connectivity index (χ4n) is 3.00. The maximum atomic E-state index is 4.10. The second-order valence-electron chi connectivity index (χ2n) is 5.36. The van der Waals surface area contributed by atoms with Gasteiger partial charge < -0.3 is 9.80 Å². The van der Waals surface area contributed by atoms with Crippen molar-refractivity contribution < 1.29 is 0 Å². The van der Waals surface area contributed by atoms with Crippen LogP contribution >= 0.6 is 0 Å². The molecule has 1 aromatic heterocycles. The zero-order valence-electron chi connectivity index (χ0n) is 12.2. The largest absolute Gasteiger partial charge is 0.368 e. The summed E-state index contributed by atoms with van der Waals surface area (Å²) in [7, 11) is 0. The van der Waals surface area contributed by atoms with Crippen LogP contribution in [0.2, 0.25) is 0 Å². The molecule has 1 saturated heterocycles. The number of benzene rings is 1. The Bertz CT molecular complexity index is 568. The first kappa shape index (κ1) is 13.7. The van der Waals surface area contributed by atoms with Crippen molar-refractivity contribution in [3.63, 3.8) is 0 Å². The molecule has 0 N–H and O–H groups in total. The molecule has 21 heavy (non-hydrogen) atoms. The van der Waals surface area contributed by atoms with Crippen LogP contribution in [0.3, 0.4) is 0 Å². The molecule has 1 fully saturated rings. The Kier molecular flexibility index (Phi) is 4.20. The number of anilines is 2. The topological polar surface area (TPSA) is 19.4 Å². The molecule has 2 heterocycles. The summed E-state index contributed by atoms with van der Waals surface area (Å²) in [6.07, 6.45) is 6.75. The lowest BCUT2D eigenvalue weighted by Gasteiger charge is -2.43. The average molecular weight is 279 g/mol. The molecule has 0 saturated carbocycles. The van der Waals surface area contributed by atoms with Gasteiger partial charge in [0.05, 0.1) is 0 Å². The summed E-state index contributed by atoms with van der Waals surface area (Å²) in [4.78, 5) is 9.04. The molecule has 1 aliphatic rings. The van der Waals surface area contributed by atoms with Crippen LogP contribution in [0.4, 0.5) is 11.4 Å². The average Bonchev–Trinajstić information content (AvgIpc) is 2.57. The lowest BCUT2D eigenvalue weighted by Crippen LogP contribution is -2.53. The summed E-state index contributed by atoms with van der Waals surface area (Å²) in [5, 5.41) is 0. The summed E-state index contributed by atoms with van der Waals surface area (Å²) in [5.74, 6) is 0. The smallest absolute Gasteiger partial charge is 0.0500 e. The van der Waals surface area contributed by atoms with Gasteiger partial charge in [-0.05, 0) is 30.7 Å². The summed E-state index contributed by atoms with van der Waals surface area (Å²) in [6.45, 7) is 7.01. The van der Waals surface area contributed by atoms with Crippen LogP contribution in [0.5, 0.6) is 0 Å². The number of pyridine rings is 1. The van der Waals surface area contributed by atoms with Gasteiger partial charge in [-0.2, -0.15) is 0 Å². The third-order valence-electron chi connectivity index (χ3n) is 4.04. The number of piperazine rings is 1. The zero-order valence-corrected chi connectivity index (χ0v) is 12.2. The van der Waals surface area contributed by atoms with E-state index in [0.717, 1.165) is 26.1 Å². The van der Waals surface area contributed by atoms with Gasteiger partial charge in [0.1, 0.15) is 0 Å². The van der Waals surface area contributed by atoms with Gasteiger partial charge in [-0.3, -0.25) is 4.98 Å². The van der Waals surface area contributed by atoms with Crippen molar-refractivity contribution in [1.29, 1.82) is 0 Å². The predicted molar refractivity (Wildman–Crippen MR) is 88.8 cm³/mol. The highest BCUT2D eigenvalue weighted by atomic mass is 15.3. The monoisotopic (exact) mass is 279 g/mol. The minimum absolute atomic E-state index is 0.465. The highest BCUT2D eigenvalue weighted by molar-refractivity contribution is 5.52. The first-order chi connectivity index (χ1) is 10.4. The number of para-hydroxylation sites is 1. The lowest BCUT2D eigenvalue weighted by atomic mass is 10.1. The molecule has 0 amide bonds. The SMILES string of the molecule is C=CCC1CN(c2ccncc2)CCN1c1ccccc1. The molecular formula is C18H21N3. The number of aromatic nitrogens is 1. The maximum absolute atomic E-state index is 4.10. The highest BCUT2D eigenvalue weighted by Crippen LogP contribution is 2.25. The molecule has 3 rings (SSSR count). The molecule has 0 bridgehead atoms. The van der Waals surface area contributed by atoms with E-state index in [0.29, 0.717) is 6.04 Å². The zero-order chi connectivity index (χ0) is 14.5. The fraction of sp³-hybridized carbons (Fsp3) is 0.278. The Labute approximate surface area is 126 Å². The molecule has 2 aromatic rings. The molecule has 1 aliphatic heterocycles. The Balaban J connectivity index is 1.79. The van der Waals surface area contributed by atoms with Crippen LogP contribution in [0.1, 0.15) is 6.42 Å². The minimum atomic E-state index is 0.465. The van der Waals surface area contributed by atoms with Crippen molar-refractivity contribution in [1.82, 2.24) is 4.98 Å². The second kappa shape index (κ2) is 6.44. The van der Waals surface area contributed by atoms with Crippen molar-refractivity contribution in [2.45, 2.75) is 12.5 Å². The van der Waals surface area contributed by atoms with Crippen LogP contribution in [-0.2, 0) is 0 Å². The molecule has 0 aliphatic carbocycles. The Morgan fingerprint density at radius 2 is 1.81 bits per heavy atom. The number of hydrogen-bond acceptors (Lipinski definition) is 3. The molecule has 1 atom stereocenters. The summed E-state index contributed by atoms with van der Waals surface area (Å²) in [6, 6.07) is 15.3. The van der Waals surface area contributed by atoms with Gasteiger partial charge in [0.15, 0.2) is 0 Å². The summed E-state index contributed by atoms with van der Waals surface area (Å²) >= 11 is 0. The van der Waals surface area contributed by atoms with Crippen molar-refractivity contribution in [2.75, 3.05) is 29.4 Å². The number of hydrogen-bond donors (Lipinski definition) is 0. The predicted octanol–water partition coefficient (Wildman–Crippen LogP) is 3.35. The molecular weight excluding hydrogens is 258 g/mol. The third kappa shape index (κ3) is 3.07. The van der Waals surface area contributed by atoms with Gasteiger partial charge in [-0.25, -0.2) is 0 Å². The van der Waals surface area contributed by atoms with Crippen LogP contribution in [0.15, 0.2) is 67.5 Å². The molecule has 3 heteroatoms. The van der Waals surface area contributed by atoms with Crippen molar-refractivity contribution >= 4 is 11.4 Å². The van der Waals surface area contributed by atoms with Gasteiger partial charge in [-0.1, -0.05) is 24.3 Å². The molecule has 1 unspecified atom stereocenters. The fourth-order valence-corrected chi connectivity index (χ4v) is 3.00. The van der Waals surface area contributed by atoms with Gasteiger partial charge in [-0.15, -0.1) is 6.58 Å². The lowest BCUT2D eigenvalue weighted by molar-refractivity contribution is 0.524. The summed E-state index contributed by atoms with van der Waals surface area (Å²) in [5.41, 5.74) is 2.56. The van der Waals surface area contributed by atoms with Crippen LogP contribution < -0.4 is 9.80 Å². The van der Waals surface area contributed by atoms with Crippen molar-refractivity contribution in [3.05, 3.63) is 67.5 Å². The van der Waals surface area contributed by atoms with Gasteiger partial charge >= 0.3 is 0 Å². The van der Waals surface area contributed by atoms with E-state index >= 15 is 0 Å². The van der Waals surface area contributed by atoms with E-state index in [1.807, 2.05) is 18.5 Å². The van der Waals surface area contributed by atoms with Crippen LogP contribution in [-0.4, -0.2) is 30.7 Å². The Morgan fingerprint density at radius 3 is 2.52 bits per heavy atom. The first-order valence-electron chi connectivity index (χ1n) is 7.46. The van der Waals surface area contributed by atoms with Crippen molar-refractivity contribution in [3.8, 4) is 0 Å². The molecule has 0 spiro atoms. The van der Waals surface area contributed by atoms with Crippen LogP contribution in [0, 0.1) is 0 Å². The van der Waals surface area contributed by atoms with Crippen molar-refractivity contribution in [2.24, 2.45) is 0 Å². The van der Waals surface area contributed by atoms with E-state index in [1.54, 1.807) is 0 Å². The molecule has 0 radical (unpaired) electrons. The number of rotatable bonds is 4. The Morgan fingerprint density at radius 1 is 1.05 bits per heavy atom. The quantitative estimate of drug-likeness (QED) is 0.800. The van der Waals surface area contributed by atoms with Crippen LogP contribution in [0.25, 0.3) is 0 Å². The van der Waals surface area contributed by atoms with E-state index in [1.165, 1.54) is 11.4 Å². The highest BCUT2D eigenvalue weighted by Gasteiger charge is 2.26. The van der Waals surface area contributed by atoms with E-state index in [9.17, 15) is 0 Å². The van der Waals surface area contributed by atoms with E-state index in [4.69, 9.17) is 0 Å². The molecule has 1 aromatic carbocycles. The molecule has 3 nitrogen and oxygen atoms in total. The van der Waals surface area contributed by atoms with E-state index in [-0.39, 0.29) is 0 Å². The normalized spacial score (nSPS) is 18.6. The number of nitrogens with zero attached hydrogens (tertiary/aromatic N) is 3. The van der Waals surface area contributed by atoms with Gasteiger partial charge in [0.2, 0.25) is 0 Å². The third-order valence-corrected chi connectivity index (χ3v) is 4.04. The minimum Gasteiger partial charge on any atom is -0.368 e. The Hall–Kier alpha value is -2.29. The van der Waals surface area contributed by atoms with E-state index in [2.05, 4.69) is 63.8 Å². The van der Waals surface area contributed by atoms with Gasteiger partial charge in [0.25, 0.3) is 0 Å². The molecule has 108 valence electrons.